The van der Waals surface area contributed by atoms with E-state index in [0.29, 0.717) is 24.5 Å². The first kappa shape index (κ1) is 18.7. The number of anilines is 1. The molecule has 3 aromatic rings. The van der Waals surface area contributed by atoms with Gasteiger partial charge in [-0.05, 0) is 19.1 Å². The number of nitrogens with one attached hydrogen (secondary N) is 2. The summed E-state index contributed by atoms with van der Waals surface area (Å²) >= 11 is 0. The van der Waals surface area contributed by atoms with Gasteiger partial charge in [0.15, 0.2) is 12.3 Å². The van der Waals surface area contributed by atoms with Crippen LogP contribution in [0.2, 0.25) is 0 Å². The van der Waals surface area contributed by atoms with Gasteiger partial charge in [-0.2, -0.15) is 0 Å². The van der Waals surface area contributed by atoms with Gasteiger partial charge in [0.05, 0.1) is 19.3 Å². The van der Waals surface area contributed by atoms with E-state index in [1.165, 1.54) is 0 Å². The Morgan fingerprint density at radius 2 is 1.89 bits per heavy atom. The van der Waals surface area contributed by atoms with Gasteiger partial charge in [0.2, 0.25) is 0 Å². The molecule has 1 aromatic heterocycles. The molecule has 0 spiro atoms. The van der Waals surface area contributed by atoms with Crippen molar-refractivity contribution in [3.63, 3.8) is 0 Å². The Kier molecular flexibility index (Phi) is 6.22. The standard InChI is InChI=1S/C21H23N3O3/c1-3-24(15-21(25)22-18-11-7-8-12-19(18)26-2)14-17-13-20(27-23-17)16-9-5-4-6-10-16/h4-13H,3,14-15H2,1-2H3,(H,22,25)/p+1. The Balaban J connectivity index is 1.61. The van der Waals surface area contributed by atoms with E-state index in [1.807, 2.05) is 67.6 Å². The van der Waals surface area contributed by atoms with Crippen molar-refractivity contribution in [2.75, 3.05) is 25.5 Å². The average molecular weight is 366 g/mol. The molecular weight excluding hydrogens is 342 g/mol. The highest BCUT2D eigenvalue weighted by atomic mass is 16.5. The predicted octanol–water partition coefficient (Wildman–Crippen LogP) is 2.39. The summed E-state index contributed by atoms with van der Waals surface area (Å²) in [5.41, 5.74) is 2.49. The Morgan fingerprint density at radius 1 is 1.15 bits per heavy atom. The summed E-state index contributed by atoms with van der Waals surface area (Å²) in [7, 11) is 1.59. The minimum atomic E-state index is -0.0665. The van der Waals surface area contributed by atoms with Crippen molar-refractivity contribution < 1.29 is 19.0 Å². The number of hydrogen-bond acceptors (Lipinski definition) is 4. The van der Waals surface area contributed by atoms with Gasteiger partial charge in [-0.15, -0.1) is 0 Å². The van der Waals surface area contributed by atoms with Gasteiger partial charge in [0.1, 0.15) is 18.0 Å². The molecule has 0 aliphatic carbocycles. The zero-order chi connectivity index (χ0) is 19.1. The van der Waals surface area contributed by atoms with Gasteiger partial charge in [0.25, 0.3) is 5.91 Å². The van der Waals surface area contributed by atoms with E-state index in [-0.39, 0.29) is 5.91 Å². The zero-order valence-electron chi connectivity index (χ0n) is 15.6. The molecule has 6 nitrogen and oxygen atoms in total. The number of quaternary nitrogens is 1. The molecule has 0 aliphatic rings. The maximum atomic E-state index is 12.4. The van der Waals surface area contributed by atoms with E-state index in [0.717, 1.165) is 28.5 Å². The van der Waals surface area contributed by atoms with Gasteiger partial charge in [-0.1, -0.05) is 47.6 Å². The second-order valence-electron chi connectivity index (χ2n) is 6.25. The largest absolute Gasteiger partial charge is 0.495 e. The number of carbonyl (C=O) groups excluding carboxylic acids is 1. The lowest BCUT2D eigenvalue weighted by molar-refractivity contribution is -0.904. The maximum absolute atomic E-state index is 12.4. The van der Waals surface area contributed by atoms with Crippen LogP contribution in [0.25, 0.3) is 11.3 Å². The maximum Gasteiger partial charge on any atom is 0.279 e. The van der Waals surface area contributed by atoms with Gasteiger partial charge in [0, 0.05) is 11.6 Å². The molecule has 3 rings (SSSR count). The zero-order valence-corrected chi connectivity index (χ0v) is 15.6. The van der Waals surface area contributed by atoms with Crippen molar-refractivity contribution in [1.82, 2.24) is 5.16 Å². The number of carbonyl (C=O) groups is 1. The van der Waals surface area contributed by atoms with E-state index in [2.05, 4.69) is 10.5 Å². The normalized spacial score (nSPS) is 11.8. The molecule has 27 heavy (non-hydrogen) atoms. The third-order valence-corrected chi connectivity index (χ3v) is 4.34. The molecule has 1 atom stereocenters. The highest BCUT2D eigenvalue weighted by molar-refractivity contribution is 5.92. The SMILES string of the molecule is CC[NH+](CC(=O)Nc1ccccc1OC)Cc1cc(-c2ccccc2)on1. The third kappa shape index (κ3) is 4.95. The van der Waals surface area contributed by atoms with Crippen LogP contribution in [-0.4, -0.2) is 31.3 Å². The molecule has 2 aromatic carbocycles. The van der Waals surface area contributed by atoms with Crippen molar-refractivity contribution in [2.45, 2.75) is 13.5 Å². The minimum Gasteiger partial charge on any atom is -0.495 e. The highest BCUT2D eigenvalue weighted by Crippen LogP contribution is 2.22. The molecule has 2 N–H and O–H groups in total. The predicted molar refractivity (Wildman–Crippen MR) is 104 cm³/mol. The minimum absolute atomic E-state index is 0.0665. The first-order valence-electron chi connectivity index (χ1n) is 8.97. The fourth-order valence-electron chi connectivity index (χ4n) is 2.87. The summed E-state index contributed by atoms with van der Waals surface area (Å²) in [4.78, 5) is 13.5. The van der Waals surface area contributed by atoms with Gasteiger partial charge in [-0.25, -0.2) is 0 Å². The van der Waals surface area contributed by atoms with Crippen LogP contribution in [0.15, 0.2) is 65.2 Å². The molecule has 0 fully saturated rings. The lowest BCUT2D eigenvalue weighted by Crippen LogP contribution is -3.11. The summed E-state index contributed by atoms with van der Waals surface area (Å²) in [6.07, 6.45) is 0. The third-order valence-electron chi connectivity index (χ3n) is 4.34. The molecule has 140 valence electrons. The van der Waals surface area contributed by atoms with Crippen molar-refractivity contribution in [3.05, 3.63) is 66.4 Å². The van der Waals surface area contributed by atoms with Crippen LogP contribution in [0.3, 0.4) is 0 Å². The molecule has 1 heterocycles. The number of amides is 1. The van der Waals surface area contributed by atoms with Gasteiger partial charge >= 0.3 is 0 Å². The van der Waals surface area contributed by atoms with Crippen LogP contribution in [0, 0.1) is 0 Å². The number of ether oxygens (including phenoxy) is 1. The van der Waals surface area contributed by atoms with E-state index in [9.17, 15) is 4.79 Å². The van der Waals surface area contributed by atoms with Crippen LogP contribution in [0.5, 0.6) is 5.75 Å². The van der Waals surface area contributed by atoms with E-state index in [1.54, 1.807) is 7.11 Å². The Morgan fingerprint density at radius 3 is 2.63 bits per heavy atom. The second kappa shape index (κ2) is 9.00. The van der Waals surface area contributed by atoms with Crippen LogP contribution in [0.4, 0.5) is 5.69 Å². The molecule has 0 bridgehead atoms. The van der Waals surface area contributed by atoms with E-state index < -0.39 is 0 Å². The smallest absolute Gasteiger partial charge is 0.279 e. The quantitative estimate of drug-likeness (QED) is 0.642. The molecule has 6 heteroatoms. The average Bonchev–Trinajstić information content (AvgIpc) is 3.17. The number of hydrogen-bond donors (Lipinski definition) is 2. The molecule has 0 radical (unpaired) electrons. The Labute approximate surface area is 158 Å². The van der Waals surface area contributed by atoms with E-state index >= 15 is 0 Å². The summed E-state index contributed by atoms with van der Waals surface area (Å²) in [6, 6.07) is 19.2. The monoisotopic (exact) mass is 366 g/mol. The van der Waals surface area contributed by atoms with Gasteiger partial charge < -0.3 is 19.5 Å². The van der Waals surface area contributed by atoms with E-state index in [4.69, 9.17) is 9.26 Å². The second-order valence-corrected chi connectivity index (χ2v) is 6.25. The lowest BCUT2D eigenvalue weighted by Gasteiger charge is -2.16. The Hall–Kier alpha value is -3.12. The molecule has 1 unspecified atom stereocenters. The summed E-state index contributed by atoms with van der Waals surface area (Å²) in [6.45, 7) is 3.80. The number of nitrogens with zero attached hydrogens (tertiary/aromatic N) is 1. The lowest BCUT2D eigenvalue weighted by atomic mass is 10.1. The Bertz CT molecular complexity index is 877. The van der Waals surface area contributed by atoms with Crippen molar-refractivity contribution in [3.8, 4) is 17.1 Å². The number of benzene rings is 2. The molecule has 0 aliphatic heterocycles. The topological polar surface area (TPSA) is 68.8 Å². The fraction of sp³-hybridized carbons (Fsp3) is 0.238. The number of rotatable bonds is 8. The summed E-state index contributed by atoms with van der Waals surface area (Å²) < 4.78 is 10.7. The number of aromatic nitrogens is 1. The number of methoxy groups -OCH3 is 1. The van der Waals surface area contributed by atoms with Crippen molar-refractivity contribution >= 4 is 11.6 Å². The van der Waals surface area contributed by atoms with Crippen LogP contribution in [-0.2, 0) is 11.3 Å². The van der Waals surface area contributed by atoms with Crippen LogP contribution in [0.1, 0.15) is 12.6 Å². The molecule has 1 amide bonds. The summed E-state index contributed by atoms with van der Waals surface area (Å²) in [5.74, 6) is 1.32. The molecule has 0 saturated carbocycles. The first-order valence-corrected chi connectivity index (χ1v) is 8.97. The summed E-state index contributed by atoms with van der Waals surface area (Å²) in [5, 5.41) is 7.07. The van der Waals surface area contributed by atoms with Crippen molar-refractivity contribution in [1.29, 1.82) is 0 Å². The van der Waals surface area contributed by atoms with Crippen LogP contribution < -0.4 is 15.0 Å². The highest BCUT2D eigenvalue weighted by Gasteiger charge is 2.17. The van der Waals surface area contributed by atoms with Crippen LogP contribution >= 0.6 is 0 Å². The van der Waals surface area contributed by atoms with Gasteiger partial charge in [-0.3, -0.25) is 4.79 Å². The number of likely N-dealkylation sites (N-methyl/N-ethyl adjacent to an activating group) is 1. The number of para-hydroxylation sites is 2. The van der Waals surface area contributed by atoms with Crippen molar-refractivity contribution in [2.24, 2.45) is 0 Å². The molecular formula is C21H24N3O3+. The first-order chi connectivity index (χ1) is 13.2. The molecule has 0 saturated heterocycles. The fourth-order valence-corrected chi connectivity index (χ4v) is 2.87.